The van der Waals surface area contributed by atoms with Crippen molar-refractivity contribution < 1.29 is 18.6 Å². The van der Waals surface area contributed by atoms with Gasteiger partial charge in [-0.1, -0.05) is 11.6 Å². The maximum Gasteiger partial charge on any atom is 0.162 e. The summed E-state index contributed by atoms with van der Waals surface area (Å²) in [5.74, 6) is 0.773. The molecule has 0 radical (unpaired) electrons. The Morgan fingerprint density at radius 3 is 2.59 bits per heavy atom. The number of pyridine rings is 1. The van der Waals surface area contributed by atoms with Crippen LogP contribution >= 0.6 is 11.6 Å². The third kappa shape index (κ3) is 3.68. The second-order valence-electron chi connectivity index (χ2n) is 7.78. The Kier molecular flexibility index (Phi) is 5.67. The van der Waals surface area contributed by atoms with Gasteiger partial charge in [0.1, 0.15) is 5.65 Å². The summed E-state index contributed by atoms with van der Waals surface area (Å²) in [6.07, 6.45) is 3.23. The van der Waals surface area contributed by atoms with Gasteiger partial charge < -0.3 is 23.8 Å². The van der Waals surface area contributed by atoms with Gasteiger partial charge in [0, 0.05) is 60.5 Å². The van der Waals surface area contributed by atoms with E-state index in [1.807, 2.05) is 18.2 Å². The number of morpholine rings is 1. The third-order valence-electron chi connectivity index (χ3n) is 5.99. The van der Waals surface area contributed by atoms with E-state index in [4.69, 9.17) is 25.8 Å². The minimum atomic E-state index is -0.538. The number of benzene rings is 1. The molecule has 1 aliphatic heterocycles. The fraction of sp³-hybridized carbons (Fsp3) is 0.348. The molecule has 0 amide bonds. The van der Waals surface area contributed by atoms with Crippen molar-refractivity contribution in [3.63, 3.8) is 0 Å². The summed E-state index contributed by atoms with van der Waals surface area (Å²) in [6, 6.07) is 5.80. The number of H-pyrrole nitrogens is 1. The van der Waals surface area contributed by atoms with Crippen LogP contribution in [-0.2, 0) is 11.3 Å². The van der Waals surface area contributed by atoms with E-state index in [0.29, 0.717) is 22.5 Å². The van der Waals surface area contributed by atoms with Crippen molar-refractivity contribution in [2.75, 3.05) is 47.1 Å². The lowest BCUT2D eigenvalue weighted by Gasteiger charge is -2.26. The summed E-state index contributed by atoms with van der Waals surface area (Å²) < 4.78 is 32.7. The zero-order valence-corrected chi connectivity index (χ0v) is 18.7. The second-order valence-corrected chi connectivity index (χ2v) is 8.16. The average Bonchev–Trinajstić information content (AvgIpc) is 3.41. The minimum absolute atomic E-state index is 0.0628. The van der Waals surface area contributed by atoms with Crippen molar-refractivity contribution in [1.29, 1.82) is 0 Å². The Morgan fingerprint density at radius 2 is 1.84 bits per heavy atom. The number of rotatable bonds is 6. The van der Waals surface area contributed by atoms with E-state index in [-0.39, 0.29) is 5.02 Å². The molecule has 1 fully saturated rings. The summed E-state index contributed by atoms with van der Waals surface area (Å²) in [6.45, 7) is 5.11. The quantitative estimate of drug-likeness (QED) is 0.466. The zero-order chi connectivity index (χ0) is 22.2. The van der Waals surface area contributed by atoms with Crippen LogP contribution in [0, 0.1) is 5.82 Å². The fourth-order valence-corrected chi connectivity index (χ4v) is 4.45. The molecular weight excluding hydrogens is 435 g/mol. The first-order valence-electron chi connectivity index (χ1n) is 10.5. The summed E-state index contributed by atoms with van der Waals surface area (Å²) in [7, 11) is 3.25. The SMILES string of the molecule is COc1cc2c(-c3cc4c(Cl)c(F)cnc4[nH]3)cn(CCN3CCOCC3)c2cc1OC. The van der Waals surface area contributed by atoms with Crippen molar-refractivity contribution in [2.24, 2.45) is 0 Å². The van der Waals surface area contributed by atoms with Crippen LogP contribution < -0.4 is 9.47 Å². The van der Waals surface area contributed by atoms with Crippen LogP contribution in [-0.4, -0.2) is 66.5 Å². The Labute approximate surface area is 189 Å². The summed E-state index contributed by atoms with van der Waals surface area (Å²) >= 11 is 6.18. The third-order valence-corrected chi connectivity index (χ3v) is 6.37. The van der Waals surface area contributed by atoms with Crippen LogP contribution in [0.3, 0.4) is 0 Å². The number of aromatic amines is 1. The maximum atomic E-state index is 13.9. The van der Waals surface area contributed by atoms with Crippen molar-refractivity contribution in [2.45, 2.75) is 6.54 Å². The van der Waals surface area contributed by atoms with Crippen LogP contribution in [0.1, 0.15) is 0 Å². The zero-order valence-electron chi connectivity index (χ0n) is 18.0. The molecule has 1 N–H and O–H groups in total. The number of nitrogens with one attached hydrogen (secondary N) is 1. The number of fused-ring (bicyclic) bond motifs is 2. The first-order chi connectivity index (χ1) is 15.6. The topological polar surface area (TPSA) is 64.5 Å². The van der Waals surface area contributed by atoms with Gasteiger partial charge in [-0.05, 0) is 12.1 Å². The molecule has 1 saturated heterocycles. The number of methoxy groups -OCH3 is 2. The molecule has 3 aromatic heterocycles. The number of halogens is 2. The second kappa shape index (κ2) is 8.61. The highest BCUT2D eigenvalue weighted by Crippen LogP contribution is 2.39. The molecule has 1 aliphatic rings. The Morgan fingerprint density at radius 1 is 1.09 bits per heavy atom. The van der Waals surface area contributed by atoms with Crippen LogP contribution in [0.5, 0.6) is 11.5 Å². The lowest BCUT2D eigenvalue weighted by molar-refractivity contribution is 0.0365. The van der Waals surface area contributed by atoms with E-state index >= 15 is 0 Å². The van der Waals surface area contributed by atoms with Crippen LogP contribution in [0.25, 0.3) is 33.2 Å². The molecule has 5 rings (SSSR count). The summed E-state index contributed by atoms with van der Waals surface area (Å²) in [5.41, 5.74) is 3.33. The molecule has 0 aliphatic carbocycles. The first kappa shape index (κ1) is 21.1. The fourth-order valence-electron chi connectivity index (χ4n) is 4.25. The highest BCUT2D eigenvalue weighted by molar-refractivity contribution is 6.35. The van der Waals surface area contributed by atoms with E-state index < -0.39 is 5.82 Å². The molecule has 4 heterocycles. The van der Waals surface area contributed by atoms with E-state index in [1.165, 1.54) is 0 Å². The van der Waals surface area contributed by atoms with Crippen LogP contribution in [0.15, 0.2) is 30.6 Å². The lowest BCUT2D eigenvalue weighted by Crippen LogP contribution is -2.38. The monoisotopic (exact) mass is 458 g/mol. The molecule has 168 valence electrons. The molecule has 0 atom stereocenters. The number of ether oxygens (including phenoxy) is 3. The van der Waals surface area contributed by atoms with E-state index in [0.717, 1.165) is 67.7 Å². The van der Waals surface area contributed by atoms with Gasteiger partial charge in [-0.2, -0.15) is 0 Å². The Bertz CT molecular complexity index is 1280. The molecule has 1 aromatic carbocycles. The normalized spacial score (nSPS) is 15.0. The maximum absolute atomic E-state index is 13.9. The van der Waals surface area contributed by atoms with E-state index in [2.05, 4.69) is 25.6 Å². The largest absolute Gasteiger partial charge is 0.493 e. The number of aromatic nitrogens is 3. The van der Waals surface area contributed by atoms with Gasteiger partial charge in [0.2, 0.25) is 0 Å². The molecule has 4 aromatic rings. The van der Waals surface area contributed by atoms with Gasteiger partial charge in [-0.3, -0.25) is 4.90 Å². The molecule has 0 spiro atoms. The molecule has 32 heavy (non-hydrogen) atoms. The van der Waals surface area contributed by atoms with E-state index in [1.54, 1.807) is 14.2 Å². The smallest absolute Gasteiger partial charge is 0.162 e. The minimum Gasteiger partial charge on any atom is -0.493 e. The Balaban J connectivity index is 1.62. The molecule has 7 nitrogen and oxygen atoms in total. The molecule has 0 saturated carbocycles. The van der Waals surface area contributed by atoms with Gasteiger partial charge in [0.15, 0.2) is 17.3 Å². The van der Waals surface area contributed by atoms with Crippen molar-refractivity contribution in [1.82, 2.24) is 19.4 Å². The predicted octanol–water partition coefficient (Wildman–Crippen LogP) is 4.33. The van der Waals surface area contributed by atoms with Crippen molar-refractivity contribution in [3.05, 3.63) is 41.4 Å². The highest BCUT2D eigenvalue weighted by atomic mass is 35.5. The predicted molar refractivity (Wildman–Crippen MR) is 122 cm³/mol. The van der Waals surface area contributed by atoms with Crippen LogP contribution in [0.4, 0.5) is 4.39 Å². The first-order valence-corrected chi connectivity index (χ1v) is 10.8. The summed E-state index contributed by atoms with van der Waals surface area (Å²) in [4.78, 5) is 9.82. The summed E-state index contributed by atoms with van der Waals surface area (Å²) in [5, 5.41) is 1.61. The van der Waals surface area contributed by atoms with Gasteiger partial charge in [-0.15, -0.1) is 0 Å². The number of hydrogen-bond donors (Lipinski definition) is 1. The molecular formula is C23H24ClFN4O3. The van der Waals surface area contributed by atoms with Gasteiger partial charge in [0.25, 0.3) is 0 Å². The Hall–Kier alpha value is -2.81. The number of nitrogens with zero attached hydrogens (tertiary/aromatic N) is 3. The molecule has 9 heteroatoms. The average molecular weight is 459 g/mol. The standard InChI is InChI=1S/C23H24ClFN4O3/c1-30-20-10-14-16(18-9-15-22(24)17(25)12-26-23(15)27-18)13-29(19(14)11-21(20)31-2)4-3-28-5-7-32-8-6-28/h9-13H,3-8H2,1-2H3,(H,26,27). The van der Waals surface area contributed by atoms with Gasteiger partial charge >= 0.3 is 0 Å². The van der Waals surface area contributed by atoms with Crippen molar-refractivity contribution >= 4 is 33.5 Å². The van der Waals surface area contributed by atoms with E-state index in [9.17, 15) is 4.39 Å². The number of hydrogen-bond acceptors (Lipinski definition) is 5. The van der Waals surface area contributed by atoms with Gasteiger partial charge in [0.05, 0.1) is 44.2 Å². The van der Waals surface area contributed by atoms with Crippen molar-refractivity contribution in [3.8, 4) is 22.8 Å². The van der Waals surface area contributed by atoms with Gasteiger partial charge in [-0.25, -0.2) is 9.37 Å². The molecule has 0 unspecified atom stereocenters. The lowest BCUT2D eigenvalue weighted by atomic mass is 10.1. The highest BCUT2D eigenvalue weighted by Gasteiger charge is 2.19. The van der Waals surface area contributed by atoms with Crippen LogP contribution in [0.2, 0.25) is 5.02 Å². The molecule has 0 bridgehead atoms.